The number of allylic oxidation sites excluding steroid dienone is 4. The number of anilines is 1. The zero-order valence-corrected chi connectivity index (χ0v) is 24.2. The van der Waals surface area contributed by atoms with Crippen LogP contribution in [0.4, 0.5) is 5.69 Å². The molecule has 3 aromatic carbocycles. The minimum atomic E-state index is 0. The molecule has 1 aliphatic carbocycles. The fourth-order valence-corrected chi connectivity index (χ4v) is 6.23. The second-order valence-electron chi connectivity index (χ2n) is 10.4. The predicted octanol–water partition coefficient (Wildman–Crippen LogP) is 4.79. The summed E-state index contributed by atoms with van der Waals surface area (Å²) in [6.45, 7) is 4.76. The standard InChI is InChI=1S/C31H33N2S.HI/c1-31(2)20-23(11-10-22-12-15-26(16-13-22)32(3)4)18-24(21-31)19-29-33(5)28-17-14-25-8-6-7-9-27(25)30(28)34-29;/h6-19H,20-21H2,1-5H3;1H/q+1;/p-1. The molecular formula is C31H33IN2S. The molecule has 180 valence electrons. The Morgan fingerprint density at radius 1 is 0.914 bits per heavy atom. The van der Waals surface area contributed by atoms with Crippen molar-refractivity contribution in [1.82, 2.24) is 0 Å². The Morgan fingerprint density at radius 2 is 1.66 bits per heavy atom. The zero-order chi connectivity index (χ0) is 23.9. The minimum Gasteiger partial charge on any atom is -1.00 e. The van der Waals surface area contributed by atoms with Gasteiger partial charge in [-0.3, -0.25) is 0 Å². The maximum atomic E-state index is 2.40. The molecule has 0 atom stereocenters. The molecule has 1 heterocycles. The van der Waals surface area contributed by atoms with Crippen LogP contribution in [0.25, 0.3) is 33.1 Å². The molecule has 0 saturated carbocycles. The molecule has 0 spiro atoms. The Kier molecular flexibility index (Phi) is 7.53. The van der Waals surface area contributed by atoms with Crippen molar-refractivity contribution in [2.24, 2.45) is 12.5 Å². The Bertz CT molecular complexity index is 1450. The first kappa shape index (κ1) is 25.6. The van der Waals surface area contributed by atoms with Gasteiger partial charge in [0.15, 0.2) is 0 Å². The Balaban J connectivity index is 0.00000289. The smallest absolute Gasteiger partial charge is 0.262 e. The number of hydrogen-bond acceptors (Lipinski definition) is 2. The molecule has 1 aliphatic rings. The van der Waals surface area contributed by atoms with Gasteiger partial charge in [0.25, 0.3) is 5.01 Å². The summed E-state index contributed by atoms with van der Waals surface area (Å²) < 4.78 is 3.71. The molecule has 35 heavy (non-hydrogen) atoms. The average molecular weight is 593 g/mol. The summed E-state index contributed by atoms with van der Waals surface area (Å²) in [7, 11) is 6.34. The van der Waals surface area contributed by atoms with Crippen molar-refractivity contribution in [3.8, 4) is 0 Å². The van der Waals surface area contributed by atoms with E-state index in [9.17, 15) is 0 Å². The molecular weight excluding hydrogens is 559 g/mol. The van der Waals surface area contributed by atoms with Gasteiger partial charge in [0.2, 0.25) is 5.52 Å². The number of aromatic nitrogens is 1. The van der Waals surface area contributed by atoms with Crippen LogP contribution in [0.5, 0.6) is 0 Å². The quantitative estimate of drug-likeness (QED) is 0.244. The summed E-state index contributed by atoms with van der Waals surface area (Å²) in [4.78, 5) is 2.13. The van der Waals surface area contributed by atoms with Crippen LogP contribution in [0.3, 0.4) is 0 Å². The Morgan fingerprint density at radius 3 is 2.40 bits per heavy atom. The van der Waals surface area contributed by atoms with Gasteiger partial charge in [-0.15, -0.1) is 0 Å². The van der Waals surface area contributed by atoms with Crippen molar-refractivity contribution >= 4 is 50.2 Å². The van der Waals surface area contributed by atoms with E-state index in [1.54, 1.807) is 0 Å². The highest BCUT2D eigenvalue weighted by molar-refractivity contribution is 7.19. The van der Waals surface area contributed by atoms with Gasteiger partial charge in [-0.05, 0) is 58.6 Å². The number of halogens is 1. The summed E-state index contributed by atoms with van der Waals surface area (Å²) in [5, 5.41) is 3.95. The van der Waals surface area contributed by atoms with E-state index in [0.717, 1.165) is 12.8 Å². The number of thiazole rings is 1. The lowest BCUT2D eigenvalue weighted by Crippen LogP contribution is -3.00. The molecule has 0 unspecified atom stereocenters. The van der Waals surface area contributed by atoms with E-state index in [-0.39, 0.29) is 29.4 Å². The SMILES string of the molecule is CN(C)c1ccc(C=CC2=CC(=Cc3sc4c5ccccc5ccc4[n+]3C)CC(C)(C)C2)cc1.[I-]. The lowest BCUT2D eigenvalue weighted by molar-refractivity contribution is -0.642. The van der Waals surface area contributed by atoms with Crippen molar-refractivity contribution in [1.29, 1.82) is 0 Å². The monoisotopic (exact) mass is 592 g/mol. The number of fused-ring (bicyclic) bond motifs is 3. The molecule has 0 fully saturated rings. The largest absolute Gasteiger partial charge is 1.00 e. The van der Waals surface area contributed by atoms with Gasteiger partial charge in [-0.2, -0.15) is 4.57 Å². The van der Waals surface area contributed by atoms with E-state index in [1.165, 1.54) is 48.4 Å². The van der Waals surface area contributed by atoms with E-state index in [2.05, 4.69) is 129 Å². The lowest BCUT2D eigenvalue weighted by atomic mass is 9.75. The number of hydrogen-bond donors (Lipinski definition) is 0. The second kappa shape index (κ2) is 10.3. The van der Waals surface area contributed by atoms with Crippen molar-refractivity contribution < 1.29 is 28.5 Å². The first-order chi connectivity index (χ1) is 16.3. The van der Waals surface area contributed by atoms with Crippen LogP contribution in [0.2, 0.25) is 0 Å². The predicted molar refractivity (Wildman–Crippen MR) is 149 cm³/mol. The van der Waals surface area contributed by atoms with Gasteiger partial charge < -0.3 is 28.9 Å². The van der Waals surface area contributed by atoms with Crippen LogP contribution in [0, 0.1) is 5.41 Å². The van der Waals surface area contributed by atoms with Gasteiger partial charge in [-0.25, -0.2) is 0 Å². The van der Waals surface area contributed by atoms with E-state index in [4.69, 9.17) is 0 Å². The number of benzene rings is 3. The highest BCUT2D eigenvalue weighted by atomic mass is 127. The minimum absolute atomic E-state index is 0. The van der Waals surface area contributed by atoms with E-state index < -0.39 is 0 Å². The van der Waals surface area contributed by atoms with Crippen LogP contribution in [0.15, 0.2) is 84.0 Å². The molecule has 2 nitrogen and oxygen atoms in total. The molecule has 0 aliphatic heterocycles. The van der Waals surface area contributed by atoms with Gasteiger partial charge in [0.05, 0.1) is 0 Å². The normalized spacial score (nSPS) is 16.6. The summed E-state index contributed by atoms with van der Waals surface area (Å²) in [5.74, 6) is 0. The van der Waals surface area contributed by atoms with Gasteiger partial charge in [0.1, 0.15) is 11.7 Å². The lowest BCUT2D eigenvalue weighted by Gasteiger charge is -2.30. The molecule has 5 rings (SSSR count). The summed E-state index contributed by atoms with van der Waals surface area (Å²) in [6, 6.07) is 21.9. The van der Waals surface area contributed by atoms with Crippen LogP contribution < -0.4 is 33.4 Å². The van der Waals surface area contributed by atoms with Crippen LogP contribution >= 0.6 is 11.3 Å². The van der Waals surface area contributed by atoms with E-state index in [1.807, 2.05) is 11.3 Å². The summed E-state index contributed by atoms with van der Waals surface area (Å²) >= 11 is 1.90. The first-order valence-electron chi connectivity index (χ1n) is 12.0. The van der Waals surface area contributed by atoms with Crippen molar-refractivity contribution in [2.45, 2.75) is 26.7 Å². The van der Waals surface area contributed by atoms with Crippen LogP contribution in [0.1, 0.15) is 37.3 Å². The zero-order valence-electron chi connectivity index (χ0n) is 21.2. The molecule has 0 bridgehead atoms. The topological polar surface area (TPSA) is 7.12 Å². The van der Waals surface area contributed by atoms with E-state index in [0.29, 0.717) is 0 Å². The molecule has 0 radical (unpaired) electrons. The molecule has 4 aromatic rings. The third kappa shape index (κ3) is 5.54. The summed E-state index contributed by atoms with van der Waals surface area (Å²) in [6.07, 6.45) is 11.5. The van der Waals surface area contributed by atoms with Gasteiger partial charge in [-0.1, -0.05) is 79.8 Å². The Hall–Kier alpha value is -2.44. The molecule has 1 aromatic heterocycles. The first-order valence-corrected chi connectivity index (χ1v) is 12.8. The number of aryl methyl sites for hydroxylation is 1. The Labute approximate surface area is 230 Å². The van der Waals surface area contributed by atoms with Crippen molar-refractivity contribution in [2.75, 3.05) is 19.0 Å². The fraction of sp³-hybridized carbons (Fsp3) is 0.258. The van der Waals surface area contributed by atoms with Crippen molar-refractivity contribution in [3.05, 3.63) is 94.5 Å². The van der Waals surface area contributed by atoms with Gasteiger partial charge >= 0.3 is 0 Å². The van der Waals surface area contributed by atoms with Crippen molar-refractivity contribution in [3.63, 3.8) is 0 Å². The van der Waals surface area contributed by atoms with Crippen LogP contribution in [-0.4, -0.2) is 14.1 Å². The van der Waals surface area contributed by atoms with Gasteiger partial charge in [0, 0.05) is 37.3 Å². The van der Waals surface area contributed by atoms with E-state index >= 15 is 0 Å². The summed E-state index contributed by atoms with van der Waals surface area (Å²) in [5.41, 5.74) is 6.82. The molecule has 4 heteroatoms. The second-order valence-corrected chi connectivity index (χ2v) is 11.4. The maximum absolute atomic E-state index is 2.40. The third-order valence-electron chi connectivity index (χ3n) is 6.70. The molecule has 0 amide bonds. The third-order valence-corrected chi connectivity index (χ3v) is 7.94. The van der Waals surface area contributed by atoms with Crippen LogP contribution in [-0.2, 0) is 7.05 Å². The highest BCUT2D eigenvalue weighted by Gasteiger charge is 2.26. The number of rotatable bonds is 4. The highest BCUT2D eigenvalue weighted by Crippen LogP contribution is 2.40. The number of nitrogens with zero attached hydrogens (tertiary/aromatic N) is 2. The average Bonchev–Trinajstić information content (AvgIpc) is 3.12. The fourth-order valence-electron chi connectivity index (χ4n) is 4.97. The maximum Gasteiger partial charge on any atom is 0.262 e. The molecule has 0 saturated heterocycles. The molecule has 0 N–H and O–H groups in total.